The first-order valence-electron chi connectivity index (χ1n) is 6.12. The molecular formula is C12H15ClN4. The van der Waals surface area contributed by atoms with Crippen LogP contribution in [0.15, 0.2) is 12.1 Å². The molecule has 0 unspecified atom stereocenters. The van der Waals surface area contributed by atoms with E-state index in [1.807, 2.05) is 6.07 Å². The van der Waals surface area contributed by atoms with Gasteiger partial charge in [0.05, 0.1) is 0 Å². The first kappa shape index (κ1) is 11.0. The van der Waals surface area contributed by atoms with E-state index < -0.39 is 0 Å². The minimum atomic E-state index is 0.479. The molecule has 0 spiro atoms. The molecule has 2 aromatic rings. The molecule has 0 atom stereocenters. The fraction of sp³-hybridized carbons (Fsp3) is 0.583. The molecule has 4 nitrogen and oxygen atoms in total. The molecule has 1 fully saturated rings. The first-order chi connectivity index (χ1) is 8.24. The number of aromatic nitrogens is 4. The van der Waals surface area contributed by atoms with E-state index in [0.29, 0.717) is 11.1 Å². The van der Waals surface area contributed by atoms with Crippen LogP contribution in [0.3, 0.4) is 0 Å². The summed E-state index contributed by atoms with van der Waals surface area (Å²) in [6.45, 7) is 2.31. The average Bonchev–Trinajstić information content (AvgIpc) is 2.73. The maximum atomic E-state index is 5.92. The lowest BCUT2D eigenvalue weighted by Gasteiger charge is -2.24. The highest BCUT2D eigenvalue weighted by Gasteiger charge is 2.24. The van der Waals surface area contributed by atoms with E-state index in [-0.39, 0.29) is 0 Å². The van der Waals surface area contributed by atoms with Gasteiger partial charge in [-0.3, -0.25) is 0 Å². The summed E-state index contributed by atoms with van der Waals surface area (Å²) in [7, 11) is 0. The summed E-state index contributed by atoms with van der Waals surface area (Å²) in [5, 5.41) is 13.2. The second-order valence-corrected chi connectivity index (χ2v) is 5.33. The Morgan fingerprint density at radius 1 is 1.18 bits per heavy atom. The number of hydrogen-bond donors (Lipinski definition) is 0. The molecule has 0 saturated heterocycles. The largest absolute Gasteiger partial charge is 0.196 e. The van der Waals surface area contributed by atoms with E-state index in [4.69, 9.17) is 11.6 Å². The molecule has 0 amide bonds. The lowest BCUT2D eigenvalue weighted by atomic mass is 9.83. The molecule has 1 aliphatic rings. The van der Waals surface area contributed by atoms with Gasteiger partial charge in [0.15, 0.2) is 11.5 Å². The third kappa shape index (κ3) is 2.02. The molecule has 2 aromatic heterocycles. The van der Waals surface area contributed by atoms with Crippen molar-refractivity contribution in [3.63, 3.8) is 0 Å². The monoisotopic (exact) mass is 250 g/mol. The van der Waals surface area contributed by atoms with E-state index >= 15 is 0 Å². The molecule has 3 rings (SSSR count). The highest BCUT2D eigenvalue weighted by molar-refractivity contribution is 6.29. The Morgan fingerprint density at radius 3 is 2.71 bits per heavy atom. The van der Waals surface area contributed by atoms with Crippen molar-refractivity contribution in [2.75, 3.05) is 0 Å². The van der Waals surface area contributed by atoms with E-state index in [1.54, 1.807) is 10.6 Å². The maximum Gasteiger partial charge on any atom is 0.178 e. The molecule has 0 radical (unpaired) electrons. The Labute approximate surface area is 105 Å². The summed E-state index contributed by atoms with van der Waals surface area (Å²) < 4.78 is 1.79. The van der Waals surface area contributed by atoms with Crippen LogP contribution in [-0.4, -0.2) is 19.8 Å². The average molecular weight is 251 g/mol. The third-order valence-corrected chi connectivity index (χ3v) is 3.84. The summed E-state index contributed by atoms with van der Waals surface area (Å²) in [4.78, 5) is 0. The molecule has 5 heteroatoms. The molecule has 0 aliphatic heterocycles. The predicted molar refractivity (Wildman–Crippen MR) is 66.2 cm³/mol. The van der Waals surface area contributed by atoms with Crippen LogP contribution in [0, 0.1) is 5.92 Å². The summed E-state index contributed by atoms with van der Waals surface area (Å²) >= 11 is 5.92. The fourth-order valence-electron chi connectivity index (χ4n) is 2.56. The van der Waals surface area contributed by atoms with Gasteiger partial charge in [-0.1, -0.05) is 31.4 Å². The van der Waals surface area contributed by atoms with Crippen molar-refractivity contribution in [3.8, 4) is 0 Å². The van der Waals surface area contributed by atoms with Gasteiger partial charge in [-0.25, -0.2) is 0 Å². The van der Waals surface area contributed by atoms with Gasteiger partial charge in [0.2, 0.25) is 0 Å². The molecule has 1 aliphatic carbocycles. The van der Waals surface area contributed by atoms with Gasteiger partial charge < -0.3 is 0 Å². The van der Waals surface area contributed by atoms with Crippen LogP contribution in [0.2, 0.25) is 5.15 Å². The number of nitrogens with zero attached hydrogens (tertiary/aromatic N) is 4. The molecule has 0 bridgehead atoms. The minimum absolute atomic E-state index is 0.479. The van der Waals surface area contributed by atoms with Crippen LogP contribution in [0.5, 0.6) is 0 Å². The van der Waals surface area contributed by atoms with Gasteiger partial charge in [-0.15, -0.1) is 10.2 Å². The summed E-state index contributed by atoms with van der Waals surface area (Å²) in [5.74, 6) is 2.28. The third-order valence-electron chi connectivity index (χ3n) is 3.64. The first-order valence-corrected chi connectivity index (χ1v) is 6.49. The number of fused-ring (bicyclic) bond motifs is 1. The Morgan fingerprint density at radius 2 is 1.94 bits per heavy atom. The van der Waals surface area contributed by atoms with Crippen molar-refractivity contribution in [3.05, 3.63) is 23.1 Å². The molecule has 90 valence electrons. The summed E-state index contributed by atoms with van der Waals surface area (Å²) in [5.41, 5.74) is 0.781. The van der Waals surface area contributed by atoms with Crippen LogP contribution in [0.4, 0.5) is 0 Å². The number of rotatable bonds is 1. The summed E-state index contributed by atoms with van der Waals surface area (Å²) in [6, 6.07) is 3.61. The SMILES string of the molecule is CC1CCC(c2nnc3ccc(Cl)nn23)CC1. The predicted octanol–water partition coefficient (Wildman–Crippen LogP) is 3.07. The maximum absolute atomic E-state index is 5.92. The van der Waals surface area contributed by atoms with E-state index in [1.165, 1.54) is 25.7 Å². The Kier molecular flexibility index (Phi) is 2.74. The zero-order valence-electron chi connectivity index (χ0n) is 9.80. The lowest BCUT2D eigenvalue weighted by molar-refractivity contribution is 0.337. The highest BCUT2D eigenvalue weighted by atomic mass is 35.5. The van der Waals surface area contributed by atoms with Crippen molar-refractivity contribution >= 4 is 17.2 Å². The standard InChI is InChI=1S/C12H15ClN4/c1-8-2-4-9(5-3-8)12-15-14-11-7-6-10(13)16-17(11)12/h6-9H,2-5H2,1H3. The van der Waals surface area contributed by atoms with Gasteiger partial charge in [0, 0.05) is 5.92 Å². The van der Waals surface area contributed by atoms with Crippen molar-refractivity contribution in [2.24, 2.45) is 5.92 Å². The minimum Gasteiger partial charge on any atom is -0.196 e. The van der Waals surface area contributed by atoms with E-state index in [0.717, 1.165) is 17.4 Å². The van der Waals surface area contributed by atoms with Crippen LogP contribution in [0.1, 0.15) is 44.3 Å². The van der Waals surface area contributed by atoms with Crippen LogP contribution in [0.25, 0.3) is 5.65 Å². The van der Waals surface area contributed by atoms with Crippen LogP contribution < -0.4 is 0 Å². The van der Waals surface area contributed by atoms with Crippen molar-refractivity contribution < 1.29 is 0 Å². The summed E-state index contributed by atoms with van der Waals surface area (Å²) in [6.07, 6.45) is 4.88. The van der Waals surface area contributed by atoms with Crippen LogP contribution >= 0.6 is 11.6 Å². The molecular weight excluding hydrogens is 236 g/mol. The zero-order chi connectivity index (χ0) is 11.8. The van der Waals surface area contributed by atoms with E-state index in [9.17, 15) is 0 Å². The van der Waals surface area contributed by atoms with Gasteiger partial charge >= 0.3 is 0 Å². The number of hydrogen-bond acceptors (Lipinski definition) is 3. The van der Waals surface area contributed by atoms with Gasteiger partial charge in [-0.05, 0) is 30.9 Å². The van der Waals surface area contributed by atoms with Crippen molar-refractivity contribution in [2.45, 2.75) is 38.5 Å². The topological polar surface area (TPSA) is 43.1 Å². The van der Waals surface area contributed by atoms with E-state index in [2.05, 4.69) is 22.2 Å². The smallest absolute Gasteiger partial charge is 0.178 e. The van der Waals surface area contributed by atoms with Gasteiger partial charge in [0.25, 0.3) is 0 Å². The zero-order valence-corrected chi connectivity index (χ0v) is 10.6. The lowest BCUT2D eigenvalue weighted by Crippen LogP contribution is -2.14. The molecule has 2 heterocycles. The highest BCUT2D eigenvalue weighted by Crippen LogP contribution is 2.34. The van der Waals surface area contributed by atoms with Crippen molar-refractivity contribution in [1.29, 1.82) is 0 Å². The molecule has 17 heavy (non-hydrogen) atoms. The normalized spacial score (nSPS) is 25.3. The van der Waals surface area contributed by atoms with Crippen LogP contribution in [-0.2, 0) is 0 Å². The van der Waals surface area contributed by atoms with Gasteiger partial charge in [0.1, 0.15) is 5.15 Å². The van der Waals surface area contributed by atoms with Gasteiger partial charge in [-0.2, -0.15) is 9.61 Å². The number of halogens is 1. The Bertz CT molecular complexity index is 528. The molecule has 1 saturated carbocycles. The molecule has 0 N–H and O–H groups in total. The fourth-order valence-corrected chi connectivity index (χ4v) is 2.69. The Hall–Kier alpha value is -1.16. The second kappa shape index (κ2) is 4.26. The molecule has 0 aromatic carbocycles. The quantitative estimate of drug-likeness (QED) is 0.781. The van der Waals surface area contributed by atoms with Crippen molar-refractivity contribution in [1.82, 2.24) is 19.8 Å². The Balaban J connectivity index is 1.97. The second-order valence-electron chi connectivity index (χ2n) is 4.94.